The van der Waals surface area contributed by atoms with Crippen molar-refractivity contribution in [2.24, 2.45) is 0 Å². The van der Waals surface area contributed by atoms with Crippen LogP contribution in [0.5, 0.6) is 0 Å². The molecule has 0 saturated carbocycles. The van der Waals surface area contributed by atoms with Crippen LogP contribution < -0.4 is 0 Å². The third kappa shape index (κ3) is 2.19. The fourth-order valence-corrected chi connectivity index (χ4v) is 6.12. The Kier molecular flexibility index (Phi) is 3.62. The van der Waals surface area contributed by atoms with Gasteiger partial charge in [-0.2, -0.15) is 0 Å². The van der Waals surface area contributed by atoms with Crippen molar-refractivity contribution in [3.8, 4) is 22.3 Å². The van der Waals surface area contributed by atoms with E-state index in [2.05, 4.69) is 119 Å². The Hall–Kier alpha value is -2.16. The Balaban J connectivity index is 1.88. The Morgan fingerprint density at radius 1 is 0.483 bits per heavy atom. The molecule has 140 valence electrons. The molecule has 0 aliphatic heterocycles. The van der Waals surface area contributed by atoms with Crippen LogP contribution >= 0.6 is 31.9 Å². The average Bonchev–Trinajstić information content (AvgIpc) is 3.13. The molecule has 0 atom stereocenters. The van der Waals surface area contributed by atoms with Crippen LogP contribution in [-0.2, 0) is 5.41 Å². The second-order valence-electron chi connectivity index (χ2n) is 8.23. The standard InChI is InChI=1S/C27H18Br2/c1-15-3-7-19-21-9-5-17(28)13-25(21)27(23(19)11-15)24-12-16(2)4-8-20(24)22-10-6-18(29)14-26(22)27/h3-14H,1-2H3. The van der Waals surface area contributed by atoms with Crippen molar-refractivity contribution in [2.45, 2.75) is 19.3 Å². The van der Waals surface area contributed by atoms with E-state index in [1.807, 2.05) is 0 Å². The molecular weight excluding hydrogens is 484 g/mol. The first-order valence-electron chi connectivity index (χ1n) is 9.83. The van der Waals surface area contributed by atoms with Gasteiger partial charge in [-0.3, -0.25) is 0 Å². The average molecular weight is 502 g/mol. The third-order valence-corrected chi connectivity index (χ3v) is 7.50. The molecule has 0 radical (unpaired) electrons. The number of halogens is 2. The first-order valence-corrected chi connectivity index (χ1v) is 11.4. The summed E-state index contributed by atoms with van der Waals surface area (Å²) < 4.78 is 2.25. The molecular formula is C27H18Br2. The molecule has 4 aromatic rings. The van der Waals surface area contributed by atoms with Gasteiger partial charge in [-0.15, -0.1) is 0 Å². The lowest BCUT2D eigenvalue weighted by atomic mass is 9.70. The SMILES string of the molecule is Cc1ccc2c(c1)C1(c3cc(C)ccc3-c3ccc(Br)cc31)c1cc(Br)ccc1-2. The number of hydrogen-bond acceptors (Lipinski definition) is 0. The third-order valence-electron chi connectivity index (χ3n) is 6.51. The van der Waals surface area contributed by atoms with E-state index in [-0.39, 0.29) is 5.41 Å². The summed E-state index contributed by atoms with van der Waals surface area (Å²) in [6, 6.07) is 27.4. The lowest BCUT2D eigenvalue weighted by Gasteiger charge is -2.31. The zero-order valence-corrected chi connectivity index (χ0v) is 19.4. The second kappa shape index (κ2) is 5.93. The van der Waals surface area contributed by atoms with Gasteiger partial charge in [0.25, 0.3) is 0 Å². The fourth-order valence-electron chi connectivity index (χ4n) is 5.40. The maximum absolute atomic E-state index is 3.75. The van der Waals surface area contributed by atoms with Gasteiger partial charge in [0.05, 0.1) is 5.41 Å². The summed E-state index contributed by atoms with van der Waals surface area (Å²) in [4.78, 5) is 0. The fraction of sp³-hybridized carbons (Fsp3) is 0.111. The lowest BCUT2D eigenvalue weighted by Crippen LogP contribution is -2.26. The second-order valence-corrected chi connectivity index (χ2v) is 10.1. The molecule has 6 rings (SSSR count). The summed E-state index contributed by atoms with van der Waals surface area (Å²) in [5.41, 5.74) is 13.2. The van der Waals surface area contributed by atoms with Crippen LogP contribution in [0.15, 0.2) is 81.7 Å². The molecule has 0 aromatic heterocycles. The molecule has 2 aliphatic carbocycles. The maximum atomic E-state index is 3.75. The first-order chi connectivity index (χ1) is 14.0. The van der Waals surface area contributed by atoms with Crippen LogP contribution in [0.3, 0.4) is 0 Å². The van der Waals surface area contributed by atoms with E-state index in [1.165, 1.54) is 55.6 Å². The lowest BCUT2D eigenvalue weighted by molar-refractivity contribution is 0.790. The Bertz CT molecular complexity index is 1140. The minimum Gasteiger partial charge on any atom is -0.0587 e. The largest absolute Gasteiger partial charge is 0.0726 e. The van der Waals surface area contributed by atoms with Crippen molar-refractivity contribution in [3.63, 3.8) is 0 Å². The topological polar surface area (TPSA) is 0 Å². The predicted octanol–water partition coefficient (Wildman–Crippen LogP) is 8.17. The maximum Gasteiger partial charge on any atom is 0.0726 e. The number of aryl methyl sites for hydroxylation is 2. The summed E-state index contributed by atoms with van der Waals surface area (Å²) in [5, 5.41) is 0. The Morgan fingerprint density at radius 2 is 0.828 bits per heavy atom. The van der Waals surface area contributed by atoms with Crippen LogP contribution in [0.4, 0.5) is 0 Å². The van der Waals surface area contributed by atoms with Crippen LogP contribution in [-0.4, -0.2) is 0 Å². The van der Waals surface area contributed by atoms with Crippen LogP contribution in [0, 0.1) is 13.8 Å². The Morgan fingerprint density at radius 3 is 1.24 bits per heavy atom. The van der Waals surface area contributed by atoms with Crippen molar-refractivity contribution in [1.29, 1.82) is 0 Å². The number of hydrogen-bond donors (Lipinski definition) is 0. The van der Waals surface area contributed by atoms with Gasteiger partial charge in [0.15, 0.2) is 0 Å². The Labute approximate surface area is 187 Å². The van der Waals surface area contributed by atoms with Gasteiger partial charge in [0, 0.05) is 8.95 Å². The predicted molar refractivity (Wildman–Crippen MR) is 128 cm³/mol. The minimum absolute atomic E-state index is 0.277. The van der Waals surface area contributed by atoms with Crippen LogP contribution in [0.25, 0.3) is 22.3 Å². The van der Waals surface area contributed by atoms with Crippen molar-refractivity contribution < 1.29 is 0 Å². The highest BCUT2D eigenvalue weighted by Gasteiger charge is 2.51. The van der Waals surface area contributed by atoms with Gasteiger partial charge in [0.1, 0.15) is 0 Å². The summed E-state index contributed by atoms with van der Waals surface area (Å²) in [7, 11) is 0. The zero-order chi connectivity index (χ0) is 19.9. The van der Waals surface area contributed by atoms with E-state index < -0.39 is 0 Å². The molecule has 0 N–H and O–H groups in total. The van der Waals surface area contributed by atoms with Crippen molar-refractivity contribution >= 4 is 31.9 Å². The molecule has 29 heavy (non-hydrogen) atoms. The van der Waals surface area contributed by atoms with Gasteiger partial charge in [-0.1, -0.05) is 91.5 Å². The highest BCUT2D eigenvalue weighted by Crippen LogP contribution is 2.63. The van der Waals surface area contributed by atoms with E-state index in [9.17, 15) is 0 Å². The van der Waals surface area contributed by atoms with E-state index in [4.69, 9.17) is 0 Å². The van der Waals surface area contributed by atoms with Gasteiger partial charge < -0.3 is 0 Å². The van der Waals surface area contributed by atoms with Crippen molar-refractivity contribution in [2.75, 3.05) is 0 Å². The highest BCUT2D eigenvalue weighted by atomic mass is 79.9. The molecule has 0 amide bonds. The smallest absolute Gasteiger partial charge is 0.0587 e. The molecule has 0 unspecified atom stereocenters. The summed E-state index contributed by atoms with van der Waals surface area (Å²) >= 11 is 7.51. The van der Waals surface area contributed by atoms with Crippen molar-refractivity contribution in [1.82, 2.24) is 0 Å². The molecule has 0 saturated heterocycles. The number of rotatable bonds is 0. The molecule has 0 bridgehead atoms. The number of benzene rings is 4. The van der Waals surface area contributed by atoms with Gasteiger partial charge in [-0.25, -0.2) is 0 Å². The van der Waals surface area contributed by atoms with Crippen LogP contribution in [0.1, 0.15) is 33.4 Å². The molecule has 2 aliphatic rings. The van der Waals surface area contributed by atoms with Gasteiger partial charge >= 0.3 is 0 Å². The van der Waals surface area contributed by atoms with E-state index in [0.717, 1.165) is 8.95 Å². The molecule has 4 aromatic carbocycles. The monoisotopic (exact) mass is 500 g/mol. The van der Waals surface area contributed by atoms with Crippen molar-refractivity contribution in [3.05, 3.63) is 115 Å². The molecule has 0 heterocycles. The van der Waals surface area contributed by atoms with E-state index >= 15 is 0 Å². The van der Waals surface area contributed by atoms with Gasteiger partial charge in [0.2, 0.25) is 0 Å². The molecule has 0 nitrogen and oxygen atoms in total. The molecule has 2 heteroatoms. The van der Waals surface area contributed by atoms with E-state index in [1.54, 1.807) is 0 Å². The first kappa shape index (κ1) is 17.7. The van der Waals surface area contributed by atoms with E-state index in [0.29, 0.717) is 0 Å². The summed E-state index contributed by atoms with van der Waals surface area (Å²) in [6.45, 7) is 4.39. The van der Waals surface area contributed by atoms with Gasteiger partial charge in [-0.05, 0) is 82.6 Å². The number of fused-ring (bicyclic) bond motifs is 10. The normalized spacial score (nSPS) is 14.5. The molecule has 1 spiro atoms. The minimum atomic E-state index is -0.277. The highest BCUT2D eigenvalue weighted by molar-refractivity contribution is 9.10. The van der Waals surface area contributed by atoms with Crippen LogP contribution in [0.2, 0.25) is 0 Å². The quantitative estimate of drug-likeness (QED) is 0.197. The zero-order valence-electron chi connectivity index (χ0n) is 16.2. The summed E-state index contributed by atoms with van der Waals surface area (Å²) in [5.74, 6) is 0. The summed E-state index contributed by atoms with van der Waals surface area (Å²) in [6.07, 6.45) is 0. The molecule has 0 fully saturated rings.